The van der Waals surface area contributed by atoms with E-state index in [1.54, 1.807) is 0 Å². The van der Waals surface area contributed by atoms with E-state index in [1.807, 2.05) is 30.3 Å². The molecular formula is C19H14ClF2N3O2S. The maximum absolute atomic E-state index is 12.5. The van der Waals surface area contributed by atoms with Crippen molar-refractivity contribution in [3.05, 3.63) is 77.1 Å². The summed E-state index contributed by atoms with van der Waals surface area (Å²) >= 11 is 7.44. The van der Waals surface area contributed by atoms with Crippen LogP contribution >= 0.6 is 23.4 Å². The number of aromatic nitrogens is 2. The van der Waals surface area contributed by atoms with E-state index in [0.717, 1.165) is 5.56 Å². The first kappa shape index (κ1) is 20.0. The molecule has 1 N–H and O–H groups in total. The quantitative estimate of drug-likeness (QED) is 0.415. The summed E-state index contributed by atoms with van der Waals surface area (Å²) in [6.07, 6.45) is 1.37. The van der Waals surface area contributed by atoms with Gasteiger partial charge < -0.3 is 10.1 Å². The van der Waals surface area contributed by atoms with Crippen LogP contribution in [-0.4, -0.2) is 22.5 Å². The number of anilines is 1. The van der Waals surface area contributed by atoms with Gasteiger partial charge in [-0.2, -0.15) is 8.78 Å². The standard InChI is InChI=1S/C19H14ClF2N3O2S/c20-15-10-23-19(28-11-12-4-2-1-3-5-12)25-16(15)17(26)24-13-6-8-14(9-7-13)27-18(21)22/h1-10,18H,11H2,(H,24,26). The van der Waals surface area contributed by atoms with E-state index in [1.165, 1.54) is 42.2 Å². The molecule has 0 saturated carbocycles. The molecule has 28 heavy (non-hydrogen) atoms. The minimum Gasteiger partial charge on any atom is -0.435 e. The number of thioether (sulfide) groups is 1. The van der Waals surface area contributed by atoms with Crippen molar-refractivity contribution in [2.45, 2.75) is 17.5 Å². The number of benzene rings is 2. The Hall–Kier alpha value is -2.71. The Morgan fingerprint density at radius 3 is 2.54 bits per heavy atom. The maximum Gasteiger partial charge on any atom is 0.387 e. The summed E-state index contributed by atoms with van der Waals surface area (Å²) < 4.78 is 28.6. The molecule has 9 heteroatoms. The van der Waals surface area contributed by atoms with Crippen molar-refractivity contribution in [2.75, 3.05) is 5.32 Å². The maximum atomic E-state index is 12.5. The third-order valence-electron chi connectivity index (χ3n) is 3.49. The van der Waals surface area contributed by atoms with Gasteiger partial charge in [0, 0.05) is 11.4 Å². The predicted molar refractivity (Wildman–Crippen MR) is 104 cm³/mol. The third kappa shape index (κ3) is 5.64. The number of carbonyl (C=O) groups excluding carboxylic acids is 1. The molecule has 0 unspecified atom stereocenters. The third-order valence-corrected chi connectivity index (χ3v) is 4.69. The Morgan fingerprint density at radius 2 is 1.86 bits per heavy atom. The SMILES string of the molecule is O=C(Nc1ccc(OC(F)F)cc1)c1nc(SCc2ccccc2)ncc1Cl. The molecule has 0 bridgehead atoms. The second-order valence-corrected chi connectivity index (χ2v) is 6.83. The molecule has 0 aliphatic heterocycles. The summed E-state index contributed by atoms with van der Waals surface area (Å²) in [7, 11) is 0. The lowest BCUT2D eigenvalue weighted by Gasteiger charge is -2.09. The van der Waals surface area contributed by atoms with E-state index in [0.29, 0.717) is 16.6 Å². The first-order valence-electron chi connectivity index (χ1n) is 8.07. The van der Waals surface area contributed by atoms with Crippen LogP contribution in [0.1, 0.15) is 16.1 Å². The number of hydrogen-bond donors (Lipinski definition) is 1. The van der Waals surface area contributed by atoms with E-state index in [9.17, 15) is 13.6 Å². The largest absolute Gasteiger partial charge is 0.435 e. The molecule has 0 aliphatic rings. The second kappa shape index (κ2) is 9.48. The smallest absolute Gasteiger partial charge is 0.387 e. The Morgan fingerprint density at radius 1 is 1.14 bits per heavy atom. The highest BCUT2D eigenvalue weighted by molar-refractivity contribution is 7.98. The van der Waals surface area contributed by atoms with Crippen molar-refractivity contribution >= 4 is 35.0 Å². The van der Waals surface area contributed by atoms with Crippen molar-refractivity contribution < 1.29 is 18.3 Å². The van der Waals surface area contributed by atoms with Crippen molar-refractivity contribution in [1.82, 2.24) is 9.97 Å². The number of rotatable bonds is 7. The van der Waals surface area contributed by atoms with Crippen molar-refractivity contribution in [3.8, 4) is 5.75 Å². The van der Waals surface area contributed by atoms with Crippen molar-refractivity contribution in [3.63, 3.8) is 0 Å². The molecule has 1 amide bonds. The lowest BCUT2D eigenvalue weighted by Crippen LogP contribution is -2.15. The fourth-order valence-corrected chi connectivity index (χ4v) is 3.16. The highest BCUT2D eigenvalue weighted by Crippen LogP contribution is 2.23. The van der Waals surface area contributed by atoms with Crippen LogP contribution in [0, 0.1) is 0 Å². The molecule has 1 heterocycles. The van der Waals surface area contributed by atoms with Gasteiger partial charge in [-0.25, -0.2) is 9.97 Å². The molecule has 2 aromatic carbocycles. The van der Waals surface area contributed by atoms with Gasteiger partial charge in [-0.05, 0) is 29.8 Å². The van der Waals surface area contributed by atoms with Gasteiger partial charge in [0.1, 0.15) is 5.75 Å². The van der Waals surface area contributed by atoms with Crippen LogP contribution in [0.4, 0.5) is 14.5 Å². The highest BCUT2D eigenvalue weighted by atomic mass is 35.5. The van der Waals surface area contributed by atoms with Crippen LogP contribution in [-0.2, 0) is 5.75 Å². The Balaban J connectivity index is 1.67. The van der Waals surface area contributed by atoms with Crippen LogP contribution in [0.15, 0.2) is 66.0 Å². The van der Waals surface area contributed by atoms with Gasteiger partial charge in [0.05, 0.1) is 11.2 Å². The van der Waals surface area contributed by atoms with E-state index >= 15 is 0 Å². The Labute approximate surface area is 169 Å². The number of amides is 1. The lowest BCUT2D eigenvalue weighted by molar-refractivity contribution is -0.0498. The molecular weight excluding hydrogens is 408 g/mol. The lowest BCUT2D eigenvalue weighted by atomic mass is 10.2. The predicted octanol–water partition coefficient (Wildman–Crippen LogP) is 5.28. The molecule has 0 saturated heterocycles. The summed E-state index contributed by atoms with van der Waals surface area (Å²) in [5.41, 5.74) is 1.52. The van der Waals surface area contributed by atoms with Crippen LogP contribution < -0.4 is 10.1 Å². The molecule has 5 nitrogen and oxygen atoms in total. The molecule has 0 spiro atoms. The number of hydrogen-bond acceptors (Lipinski definition) is 5. The fraction of sp³-hybridized carbons (Fsp3) is 0.105. The summed E-state index contributed by atoms with van der Waals surface area (Å²) in [6, 6.07) is 15.3. The van der Waals surface area contributed by atoms with Gasteiger partial charge in [0.25, 0.3) is 5.91 Å². The van der Waals surface area contributed by atoms with Gasteiger partial charge in [-0.3, -0.25) is 4.79 Å². The fourth-order valence-electron chi connectivity index (χ4n) is 2.21. The zero-order valence-corrected chi connectivity index (χ0v) is 15.9. The average molecular weight is 422 g/mol. The Bertz CT molecular complexity index is 944. The van der Waals surface area contributed by atoms with Crippen LogP contribution in [0.3, 0.4) is 0 Å². The zero-order valence-electron chi connectivity index (χ0n) is 14.3. The summed E-state index contributed by atoms with van der Waals surface area (Å²) in [4.78, 5) is 20.8. The van der Waals surface area contributed by atoms with Crippen LogP contribution in [0.5, 0.6) is 5.75 Å². The molecule has 0 atom stereocenters. The number of nitrogens with zero attached hydrogens (tertiary/aromatic N) is 2. The topological polar surface area (TPSA) is 64.1 Å². The van der Waals surface area contributed by atoms with Crippen molar-refractivity contribution in [2.24, 2.45) is 0 Å². The molecule has 0 fully saturated rings. The van der Waals surface area contributed by atoms with Crippen LogP contribution in [0.25, 0.3) is 0 Å². The summed E-state index contributed by atoms with van der Waals surface area (Å²) in [6.45, 7) is -2.91. The average Bonchev–Trinajstić information content (AvgIpc) is 2.69. The molecule has 1 aromatic heterocycles. The second-order valence-electron chi connectivity index (χ2n) is 5.48. The van der Waals surface area contributed by atoms with Crippen LogP contribution in [0.2, 0.25) is 5.02 Å². The number of ether oxygens (including phenoxy) is 1. The Kier molecular flexibility index (Phi) is 6.78. The highest BCUT2D eigenvalue weighted by Gasteiger charge is 2.15. The number of halogens is 3. The minimum absolute atomic E-state index is 0.00679. The summed E-state index contributed by atoms with van der Waals surface area (Å²) in [5, 5.41) is 3.14. The monoisotopic (exact) mass is 421 g/mol. The molecule has 0 aliphatic carbocycles. The van der Waals surface area contributed by atoms with E-state index in [4.69, 9.17) is 11.6 Å². The number of alkyl halides is 2. The van der Waals surface area contributed by atoms with Crippen molar-refractivity contribution in [1.29, 1.82) is 0 Å². The van der Waals surface area contributed by atoms with E-state index in [2.05, 4.69) is 20.0 Å². The number of nitrogens with one attached hydrogen (secondary N) is 1. The molecule has 3 rings (SSSR count). The van der Waals surface area contributed by atoms with Gasteiger partial charge in [-0.1, -0.05) is 53.7 Å². The van der Waals surface area contributed by atoms with Gasteiger partial charge in [0.15, 0.2) is 10.9 Å². The number of carbonyl (C=O) groups is 1. The zero-order chi connectivity index (χ0) is 19.9. The normalized spacial score (nSPS) is 10.7. The van der Waals surface area contributed by atoms with E-state index < -0.39 is 12.5 Å². The molecule has 0 radical (unpaired) electrons. The first-order valence-corrected chi connectivity index (χ1v) is 9.43. The minimum atomic E-state index is -2.91. The summed E-state index contributed by atoms with van der Waals surface area (Å²) in [5.74, 6) is 0.110. The van der Waals surface area contributed by atoms with E-state index in [-0.39, 0.29) is 16.5 Å². The van der Waals surface area contributed by atoms with Gasteiger partial charge in [-0.15, -0.1) is 0 Å². The first-order chi connectivity index (χ1) is 13.5. The van der Waals surface area contributed by atoms with Gasteiger partial charge >= 0.3 is 6.61 Å². The van der Waals surface area contributed by atoms with Gasteiger partial charge in [0.2, 0.25) is 0 Å². The molecule has 144 valence electrons. The molecule has 3 aromatic rings.